The summed E-state index contributed by atoms with van der Waals surface area (Å²) in [7, 11) is 0. The van der Waals surface area contributed by atoms with Crippen molar-refractivity contribution in [3.05, 3.63) is 53.4 Å². The monoisotopic (exact) mass is 527 g/mol. The maximum atomic E-state index is 13.1. The summed E-state index contributed by atoms with van der Waals surface area (Å²) in [5.74, 6) is -1.75. The summed E-state index contributed by atoms with van der Waals surface area (Å²) < 4.78 is 44.5. The number of fused-ring (bicyclic) bond motifs is 1. The zero-order valence-corrected chi connectivity index (χ0v) is 19.8. The van der Waals surface area contributed by atoms with Gasteiger partial charge in [-0.25, -0.2) is 9.97 Å². The first kappa shape index (κ1) is 27.2. The van der Waals surface area contributed by atoms with Crippen LogP contribution in [0.3, 0.4) is 0 Å². The molecule has 3 heterocycles. The Morgan fingerprint density at radius 1 is 1.14 bits per heavy atom. The predicted molar refractivity (Wildman–Crippen MR) is 128 cm³/mol. The number of aromatic nitrogens is 2. The average Bonchev–Trinajstić information content (AvgIpc) is 3.24. The fourth-order valence-electron chi connectivity index (χ4n) is 3.74. The van der Waals surface area contributed by atoms with Crippen LogP contribution in [0.1, 0.15) is 28.3 Å². The van der Waals surface area contributed by atoms with Crippen LogP contribution in [0.15, 0.2) is 36.3 Å². The highest BCUT2D eigenvalue weighted by atomic mass is 35.5. The molecular formula is C22H25ClF3N7O3. The molecule has 2 aliphatic heterocycles. The van der Waals surface area contributed by atoms with Gasteiger partial charge in [0, 0.05) is 31.4 Å². The van der Waals surface area contributed by atoms with Crippen molar-refractivity contribution in [1.82, 2.24) is 20.2 Å². The Labute approximate surface area is 210 Å². The van der Waals surface area contributed by atoms with E-state index in [4.69, 9.17) is 10.5 Å². The van der Waals surface area contributed by atoms with Gasteiger partial charge in [-0.15, -0.1) is 12.4 Å². The number of amides is 2. The Morgan fingerprint density at radius 3 is 2.56 bits per heavy atom. The van der Waals surface area contributed by atoms with Gasteiger partial charge in [-0.2, -0.15) is 13.2 Å². The van der Waals surface area contributed by atoms with Crippen LogP contribution in [0.2, 0.25) is 0 Å². The summed E-state index contributed by atoms with van der Waals surface area (Å²) in [4.78, 5) is 34.2. The molecule has 4 rings (SSSR count). The smallest absolute Gasteiger partial charge is 0.379 e. The van der Waals surface area contributed by atoms with Crippen LogP contribution >= 0.6 is 12.4 Å². The fourth-order valence-corrected chi connectivity index (χ4v) is 3.74. The van der Waals surface area contributed by atoms with Crippen LogP contribution in [0, 0.1) is 0 Å². The van der Waals surface area contributed by atoms with Gasteiger partial charge in [0.2, 0.25) is 0 Å². The minimum absolute atomic E-state index is 0. The van der Waals surface area contributed by atoms with Gasteiger partial charge in [0.1, 0.15) is 17.1 Å². The molecule has 1 aromatic carbocycles. The molecule has 2 aliphatic rings. The van der Waals surface area contributed by atoms with Crippen molar-refractivity contribution in [2.24, 2.45) is 5.73 Å². The van der Waals surface area contributed by atoms with Crippen molar-refractivity contribution in [2.75, 3.05) is 50.0 Å². The molecule has 1 fully saturated rings. The lowest BCUT2D eigenvalue weighted by molar-refractivity contribution is -0.141. The maximum Gasteiger partial charge on any atom is 0.433 e. The van der Waals surface area contributed by atoms with Crippen LogP contribution in [-0.2, 0) is 15.7 Å². The number of hydrogen-bond donors (Lipinski definition) is 4. The second kappa shape index (κ2) is 11.5. The third-order valence-corrected chi connectivity index (χ3v) is 5.51. The normalized spacial score (nSPS) is 16.8. The Bertz CT molecular complexity index is 1150. The summed E-state index contributed by atoms with van der Waals surface area (Å²) in [6.07, 6.45) is -3.02. The molecule has 0 bridgehead atoms. The van der Waals surface area contributed by atoms with Crippen molar-refractivity contribution in [1.29, 1.82) is 0 Å². The minimum Gasteiger partial charge on any atom is -0.379 e. The summed E-state index contributed by atoms with van der Waals surface area (Å²) in [5, 5.41) is 8.64. The first-order valence-corrected chi connectivity index (χ1v) is 10.9. The van der Waals surface area contributed by atoms with Gasteiger partial charge in [-0.3, -0.25) is 14.5 Å². The van der Waals surface area contributed by atoms with Crippen molar-refractivity contribution in [2.45, 2.75) is 12.6 Å². The molecule has 1 aromatic heterocycles. The number of ether oxygens (including phenoxy) is 1. The van der Waals surface area contributed by atoms with E-state index in [-0.39, 0.29) is 29.7 Å². The quantitative estimate of drug-likeness (QED) is 0.317. The highest BCUT2D eigenvalue weighted by Crippen LogP contribution is 2.34. The molecule has 1 saturated heterocycles. The molecule has 0 atom stereocenters. The Kier molecular flexibility index (Phi) is 8.71. The number of primary amides is 1. The van der Waals surface area contributed by atoms with Crippen LogP contribution in [0.5, 0.6) is 0 Å². The number of nitrogens with one attached hydrogen (secondary N) is 3. The molecule has 14 heteroatoms. The average molecular weight is 528 g/mol. The Hall–Kier alpha value is -3.42. The molecule has 0 aliphatic carbocycles. The van der Waals surface area contributed by atoms with E-state index in [1.54, 1.807) is 18.2 Å². The summed E-state index contributed by atoms with van der Waals surface area (Å²) in [6.45, 7) is 4.56. The molecule has 2 amide bonds. The topological polar surface area (TPSA) is 134 Å². The highest BCUT2D eigenvalue weighted by Gasteiger charge is 2.34. The molecule has 0 radical (unpaired) electrons. The van der Waals surface area contributed by atoms with E-state index in [1.807, 2.05) is 0 Å². The number of morpholine rings is 1. The van der Waals surface area contributed by atoms with Crippen LogP contribution in [-0.4, -0.2) is 66.1 Å². The van der Waals surface area contributed by atoms with Crippen LogP contribution < -0.4 is 21.7 Å². The van der Waals surface area contributed by atoms with E-state index in [2.05, 4.69) is 30.8 Å². The zero-order valence-electron chi connectivity index (χ0n) is 19.0. The number of halogens is 4. The van der Waals surface area contributed by atoms with Crippen molar-refractivity contribution < 1.29 is 27.5 Å². The van der Waals surface area contributed by atoms with Gasteiger partial charge in [0.25, 0.3) is 11.8 Å². The van der Waals surface area contributed by atoms with E-state index in [9.17, 15) is 22.8 Å². The lowest BCUT2D eigenvalue weighted by Gasteiger charge is -2.26. The second-order valence-corrected chi connectivity index (χ2v) is 7.95. The molecule has 10 nitrogen and oxygen atoms in total. The number of carbonyl (C=O) groups excluding carboxylic acids is 2. The molecule has 0 unspecified atom stereocenters. The third kappa shape index (κ3) is 6.42. The van der Waals surface area contributed by atoms with Crippen LogP contribution in [0.4, 0.5) is 24.5 Å². The molecule has 194 valence electrons. The highest BCUT2D eigenvalue weighted by molar-refractivity contribution is 6.20. The molecule has 0 saturated carbocycles. The predicted octanol–water partition coefficient (Wildman–Crippen LogP) is 2.06. The lowest BCUT2D eigenvalue weighted by atomic mass is 10.1. The Balaban J connectivity index is 0.00000361. The number of benzene rings is 1. The first-order valence-electron chi connectivity index (χ1n) is 10.9. The van der Waals surface area contributed by atoms with E-state index in [1.165, 1.54) is 0 Å². The zero-order chi connectivity index (χ0) is 25.0. The van der Waals surface area contributed by atoms with E-state index in [0.717, 1.165) is 45.5 Å². The number of alkyl halides is 3. The van der Waals surface area contributed by atoms with Crippen molar-refractivity contribution in [3.63, 3.8) is 0 Å². The lowest BCUT2D eigenvalue weighted by Crippen LogP contribution is -2.38. The summed E-state index contributed by atoms with van der Waals surface area (Å²) in [5.41, 5.74) is 5.22. The van der Waals surface area contributed by atoms with E-state index >= 15 is 0 Å². The number of carbonyl (C=O) groups is 2. The molecule has 2 aromatic rings. The van der Waals surface area contributed by atoms with Gasteiger partial charge in [-0.05, 0) is 37.2 Å². The maximum absolute atomic E-state index is 13.1. The minimum atomic E-state index is -4.71. The summed E-state index contributed by atoms with van der Waals surface area (Å²) in [6, 6.07) is 5.48. The van der Waals surface area contributed by atoms with Gasteiger partial charge < -0.3 is 26.4 Å². The molecule has 0 spiro atoms. The molecular weight excluding hydrogens is 503 g/mol. The number of nitrogens with zero attached hydrogens (tertiary/aromatic N) is 3. The molecule has 36 heavy (non-hydrogen) atoms. The second-order valence-electron chi connectivity index (χ2n) is 7.95. The molecule has 5 N–H and O–H groups in total. The Morgan fingerprint density at radius 2 is 1.86 bits per heavy atom. The number of hydrogen-bond acceptors (Lipinski definition) is 8. The van der Waals surface area contributed by atoms with Gasteiger partial charge in [0.15, 0.2) is 5.82 Å². The van der Waals surface area contributed by atoms with Crippen LogP contribution in [0.25, 0.3) is 5.57 Å². The van der Waals surface area contributed by atoms with Gasteiger partial charge in [-0.1, -0.05) is 0 Å². The van der Waals surface area contributed by atoms with E-state index in [0.29, 0.717) is 29.5 Å². The fraction of sp³-hybridized carbons (Fsp3) is 0.364. The van der Waals surface area contributed by atoms with Gasteiger partial charge >= 0.3 is 6.18 Å². The summed E-state index contributed by atoms with van der Waals surface area (Å²) >= 11 is 0. The van der Waals surface area contributed by atoms with E-state index < -0.39 is 23.6 Å². The largest absolute Gasteiger partial charge is 0.433 e. The van der Waals surface area contributed by atoms with Crippen molar-refractivity contribution in [3.8, 4) is 0 Å². The number of rotatable bonds is 7. The number of nitrogens with two attached hydrogens (primary N) is 1. The SMILES string of the molecule is Cl.NC(=O)/C(=C1/Nc2ccc(C(=O)NCCCN3CCOCC3)cc2N1)c1nccc(C(F)(F)F)n1. The number of anilines is 2. The standard InChI is InChI=1S/C22H24F3N7O3.ClH/c23-22(24,25)16-4-6-27-19(31-16)17(18(26)33)20-29-14-3-2-13(12-15(14)30-20)21(34)28-5-1-7-32-8-10-35-11-9-32;/h2-4,6,12,29-30H,1,5,7-11H2,(H2,26,33)(H,28,34);1H/b20-17+;. The third-order valence-electron chi connectivity index (χ3n) is 5.51. The first-order chi connectivity index (χ1) is 16.7. The van der Waals surface area contributed by atoms with Gasteiger partial charge in [0.05, 0.1) is 24.6 Å². The van der Waals surface area contributed by atoms with Crippen molar-refractivity contribution >= 4 is 41.2 Å².